The van der Waals surface area contributed by atoms with Gasteiger partial charge in [0, 0.05) is 5.92 Å². The molecule has 0 bridgehead atoms. The minimum atomic E-state index is 0.104. The van der Waals surface area contributed by atoms with Gasteiger partial charge in [0.1, 0.15) is 0 Å². The summed E-state index contributed by atoms with van der Waals surface area (Å²) in [5.41, 5.74) is 1.42. The Morgan fingerprint density at radius 3 is 2.87 bits per heavy atom. The molecule has 1 aliphatic rings. The Morgan fingerprint density at radius 2 is 2.33 bits per heavy atom. The quantitative estimate of drug-likeness (QED) is 0.505. The minimum absolute atomic E-state index is 0.104. The summed E-state index contributed by atoms with van der Waals surface area (Å²) in [6.45, 7) is 8.44. The molecule has 84 valence electrons. The monoisotopic (exact) mass is 206 g/mol. The largest absolute Gasteiger partial charge is 0.294 e. The topological polar surface area (TPSA) is 17.1 Å². The summed E-state index contributed by atoms with van der Waals surface area (Å²) in [5.74, 6) is 0.378. The first kappa shape index (κ1) is 12.2. The average molecular weight is 206 g/mol. The van der Waals surface area contributed by atoms with Crippen LogP contribution in [0.3, 0.4) is 0 Å². The van der Waals surface area contributed by atoms with Crippen LogP contribution in [-0.4, -0.2) is 5.78 Å². The van der Waals surface area contributed by atoms with Gasteiger partial charge < -0.3 is 0 Å². The van der Waals surface area contributed by atoms with Gasteiger partial charge in [0.05, 0.1) is 0 Å². The standard InChI is InChI=1S/C14H22O/c1-5-8-12(15)13-11(3)9-7-10-14(13,4)6-2/h5,8-9,13H,6-7,10H2,1-4H3. The predicted octanol–water partition coefficient (Wildman–Crippen LogP) is 3.90. The SMILES string of the molecule is CC=CC(=O)C1C(C)=CCCC1(C)CC. The van der Waals surface area contributed by atoms with E-state index in [0.717, 1.165) is 19.3 Å². The maximum absolute atomic E-state index is 12.1. The van der Waals surface area contributed by atoms with Crippen molar-refractivity contribution in [1.82, 2.24) is 0 Å². The Morgan fingerprint density at radius 1 is 1.67 bits per heavy atom. The molecule has 0 aliphatic heterocycles. The minimum Gasteiger partial charge on any atom is -0.294 e. The molecule has 1 nitrogen and oxygen atoms in total. The van der Waals surface area contributed by atoms with Crippen LogP contribution < -0.4 is 0 Å². The number of ketones is 1. The van der Waals surface area contributed by atoms with Crippen molar-refractivity contribution in [2.45, 2.75) is 47.0 Å². The molecule has 0 heterocycles. The van der Waals surface area contributed by atoms with Gasteiger partial charge in [0.2, 0.25) is 0 Å². The predicted molar refractivity (Wildman–Crippen MR) is 64.7 cm³/mol. The van der Waals surface area contributed by atoms with Crippen LogP contribution >= 0.6 is 0 Å². The van der Waals surface area contributed by atoms with Crippen molar-refractivity contribution in [3.8, 4) is 0 Å². The van der Waals surface area contributed by atoms with Gasteiger partial charge in [0.15, 0.2) is 5.78 Å². The van der Waals surface area contributed by atoms with Crippen LogP contribution in [0.4, 0.5) is 0 Å². The lowest BCUT2D eigenvalue weighted by Crippen LogP contribution is -2.35. The maximum Gasteiger partial charge on any atom is 0.162 e. The van der Waals surface area contributed by atoms with Crippen LogP contribution in [0, 0.1) is 11.3 Å². The number of carbonyl (C=O) groups is 1. The van der Waals surface area contributed by atoms with E-state index in [0.29, 0.717) is 0 Å². The van der Waals surface area contributed by atoms with E-state index in [1.807, 2.05) is 13.0 Å². The molecule has 0 radical (unpaired) electrons. The van der Waals surface area contributed by atoms with Gasteiger partial charge in [-0.25, -0.2) is 0 Å². The maximum atomic E-state index is 12.1. The molecule has 1 heteroatoms. The van der Waals surface area contributed by atoms with E-state index in [1.54, 1.807) is 6.08 Å². The summed E-state index contributed by atoms with van der Waals surface area (Å²) in [6.07, 6.45) is 9.13. The zero-order chi connectivity index (χ0) is 11.5. The van der Waals surface area contributed by atoms with E-state index in [4.69, 9.17) is 0 Å². The third kappa shape index (κ3) is 2.39. The van der Waals surface area contributed by atoms with Gasteiger partial charge in [-0.1, -0.05) is 31.6 Å². The highest BCUT2D eigenvalue weighted by molar-refractivity contribution is 5.94. The summed E-state index contributed by atoms with van der Waals surface area (Å²) in [4.78, 5) is 12.1. The fourth-order valence-electron chi connectivity index (χ4n) is 2.65. The Bertz CT molecular complexity index is 298. The number of hydrogen-bond acceptors (Lipinski definition) is 1. The molecule has 0 aromatic carbocycles. The summed E-state index contributed by atoms with van der Waals surface area (Å²) in [5, 5.41) is 0. The van der Waals surface area contributed by atoms with E-state index < -0.39 is 0 Å². The van der Waals surface area contributed by atoms with Gasteiger partial charge in [-0.15, -0.1) is 0 Å². The Kier molecular flexibility index (Phi) is 3.90. The van der Waals surface area contributed by atoms with Crippen LogP contribution in [0.15, 0.2) is 23.8 Å². The van der Waals surface area contributed by atoms with Crippen LogP contribution in [0.25, 0.3) is 0 Å². The van der Waals surface area contributed by atoms with E-state index in [2.05, 4.69) is 26.8 Å². The Hall–Kier alpha value is -0.850. The van der Waals surface area contributed by atoms with Crippen molar-refractivity contribution in [2.24, 2.45) is 11.3 Å². The van der Waals surface area contributed by atoms with Crippen molar-refractivity contribution in [2.75, 3.05) is 0 Å². The smallest absolute Gasteiger partial charge is 0.162 e. The van der Waals surface area contributed by atoms with Gasteiger partial charge >= 0.3 is 0 Å². The number of carbonyl (C=O) groups excluding carboxylic acids is 1. The first-order chi connectivity index (χ1) is 7.05. The molecular weight excluding hydrogens is 184 g/mol. The first-order valence-electron chi connectivity index (χ1n) is 5.88. The van der Waals surface area contributed by atoms with Crippen molar-refractivity contribution in [3.05, 3.63) is 23.8 Å². The highest BCUT2D eigenvalue weighted by Crippen LogP contribution is 2.44. The molecule has 0 fully saturated rings. The lowest BCUT2D eigenvalue weighted by atomic mass is 9.64. The summed E-state index contributed by atoms with van der Waals surface area (Å²) in [7, 11) is 0. The summed E-state index contributed by atoms with van der Waals surface area (Å²) < 4.78 is 0. The molecule has 15 heavy (non-hydrogen) atoms. The van der Waals surface area contributed by atoms with Crippen molar-refractivity contribution < 1.29 is 4.79 Å². The Labute approximate surface area is 93.3 Å². The number of rotatable bonds is 3. The second-order valence-electron chi connectivity index (χ2n) is 4.83. The van der Waals surface area contributed by atoms with Gasteiger partial charge in [-0.3, -0.25) is 4.79 Å². The fourth-order valence-corrected chi connectivity index (χ4v) is 2.65. The molecule has 0 N–H and O–H groups in total. The van der Waals surface area contributed by atoms with Crippen LogP contribution in [0.5, 0.6) is 0 Å². The zero-order valence-electron chi connectivity index (χ0n) is 10.3. The third-order valence-corrected chi connectivity index (χ3v) is 3.76. The van der Waals surface area contributed by atoms with Crippen LogP contribution in [0.2, 0.25) is 0 Å². The molecular formula is C14H22O. The van der Waals surface area contributed by atoms with Gasteiger partial charge in [-0.05, 0) is 44.6 Å². The first-order valence-corrected chi connectivity index (χ1v) is 5.88. The summed E-state index contributed by atoms with van der Waals surface area (Å²) >= 11 is 0. The second kappa shape index (κ2) is 4.78. The highest BCUT2D eigenvalue weighted by atomic mass is 16.1. The molecule has 0 spiro atoms. The molecule has 0 saturated carbocycles. The van der Waals surface area contributed by atoms with E-state index in [9.17, 15) is 4.79 Å². The third-order valence-electron chi connectivity index (χ3n) is 3.76. The molecule has 0 aromatic rings. The van der Waals surface area contributed by atoms with Crippen molar-refractivity contribution in [1.29, 1.82) is 0 Å². The van der Waals surface area contributed by atoms with E-state index in [1.165, 1.54) is 5.57 Å². The van der Waals surface area contributed by atoms with E-state index in [-0.39, 0.29) is 17.1 Å². The molecule has 2 atom stereocenters. The van der Waals surface area contributed by atoms with Crippen LogP contribution in [0.1, 0.15) is 47.0 Å². The van der Waals surface area contributed by atoms with E-state index >= 15 is 0 Å². The summed E-state index contributed by atoms with van der Waals surface area (Å²) in [6, 6.07) is 0. The number of hydrogen-bond donors (Lipinski definition) is 0. The van der Waals surface area contributed by atoms with Gasteiger partial charge in [0.25, 0.3) is 0 Å². The molecule has 1 rings (SSSR count). The molecule has 0 amide bonds. The Balaban J connectivity index is 3.02. The zero-order valence-corrected chi connectivity index (χ0v) is 10.3. The number of allylic oxidation sites excluding steroid dienone is 4. The lowest BCUT2D eigenvalue weighted by Gasteiger charge is -2.39. The molecule has 0 aromatic heterocycles. The fraction of sp³-hybridized carbons (Fsp3) is 0.643. The molecule has 1 aliphatic carbocycles. The molecule has 2 unspecified atom stereocenters. The highest BCUT2D eigenvalue weighted by Gasteiger charge is 2.38. The normalized spacial score (nSPS) is 31.7. The van der Waals surface area contributed by atoms with Crippen molar-refractivity contribution >= 4 is 5.78 Å². The molecule has 0 saturated heterocycles. The second-order valence-corrected chi connectivity index (χ2v) is 4.83. The van der Waals surface area contributed by atoms with Crippen molar-refractivity contribution in [3.63, 3.8) is 0 Å². The van der Waals surface area contributed by atoms with Gasteiger partial charge in [-0.2, -0.15) is 0 Å². The average Bonchev–Trinajstić information content (AvgIpc) is 2.18. The lowest BCUT2D eigenvalue weighted by molar-refractivity contribution is -0.120. The van der Waals surface area contributed by atoms with Crippen LogP contribution in [-0.2, 0) is 4.79 Å².